The molecule has 2 aromatic carbocycles. The van der Waals surface area contributed by atoms with Crippen molar-refractivity contribution in [3.63, 3.8) is 0 Å². The third-order valence-corrected chi connectivity index (χ3v) is 5.84. The molecule has 174 valence electrons. The summed E-state index contributed by atoms with van der Waals surface area (Å²) in [5.74, 6) is -0.559. The van der Waals surface area contributed by atoms with E-state index >= 15 is 0 Å². The standard InChI is InChI=1S/C24H27BrN4O4/c1-23(2,3)33-22(31)29-15-20(27-28-26)14-24(29,13-17-9-11-19(25)12-10-17)21(30)32-16-18-7-5-4-6-8-18/h4-12,20H,13-16H2,1-3H3/t20?,24-/m0/s1. The molecule has 1 aliphatic heterocycles. The molecule has 0 aromatic heterocycles. The zero-order valence-corrected chi connectivity index (χ0v) is 20.5. The molecule has 0 spiro atoms. The van der Waals surface area contributed by atoms with Crippen LogP contribution >= 0.6 is 15.9 Å². The average molecular weight is 515 g/mol. The quantitative estimate of drug-likeness (QED) is 0.210. The van der Waals surface area contributed by atoms with E-state index in [0.29, 0.717) is 0 Å². The van der Waals surface area contributed by atoms with E-state index in [1.54, 1.807) is 20.8 Å². The number of ether oxygens (including phenoxy) is 2. The topological polar surface area (TPSA) is 105 Å². The third kappa shape index (κ3) is 6.27. The van der Waals surface area contributed by atoms with Crippen molar-refractivity contribution in [2.24, 2.45) is 5.11 Å². The first kappa shape index (κ1) is 24.6. The van der Waals surface area contributed by atoms with Crippen LogP contribution in [0.1, 0.15) is 38.3 Å². The van der Waals surface area contributed by atoms with Crippen LogP contribution in [-0.2, 0) is 27.3 Å². The monoisotopic (exact) mass is 514 g/mol. The molecule has 0 saturated carbocycles. The molecule has 8 nitrogen and oxygen atoms in total. The van der Waals surface area contributed by atoms with E-state index in [1.807, 2.05) is 54.6 Å². The van der Waals surface area contributed by atoms with E-state index in [9.17, 15) is 9.59 Å². The number of nitrogens with zero attached hydrogens (tertiary/aromatic N) is 4. The van der Waals surface area contributed by atoms with Gasteiger partial charge in [-0.3, -0.25) is 4.90 Å². The summed E-state index contributed by atoms with van der Waals surface area (Å²) in [5, 5.41) is 3.82. The van der Waals surface area contributed by atoms with Gasteiger partial charge in [0.05, 0.1) is 6.04 Å². The number of halogens is 1. The second-order valence-electron chi connectivity index (χ2n) is 9.05. The Morgan fingerprint density at radius 3 is 2.42 bits per heavy atom. The highest BCUT2D eigenvalue weighted by Crippen LogP contribution is 2.37. The number of hydrogen-bond donors (Lipinski definition) is 0. The lowest BCUT2D eigenvalue weighted by Gasteiger charge is -2.37. The molecule has 3 rings (SSSR count). The summed E-state index contributed by atoms with van der Waals surface area (Å²) in [5.41, 5.74) is 8.56. The summed E-state index contributed by atoms with van der Waals surface area (Å²) in [6, 6.07) is 16.2. The Morgan fingerprint density at radius 2 is 1.82 bits per heavy atom. The molecule has 1 fully saturated rings. The molecule has 0 aliphatic carbocycles. The van der Waals surface area contributed by atoms with Crippen LogP contribution in [0, 0.1) is 0 Å². The van der Waals surface area contributed by atoms with Gasteiger partial charge >= 0.3 is 12.1 Å². The van der Waals surface area contributed by atoms with Crippen LogP contribution in [0.15, 0.2) is 64.2 Å². The van der Waals surface area contributed by atoms with Crippen LogP contribution in [-0.4, -0.2) is 40.7 Å². The van der Waals surface area contributed by atoms with Crippen molar-refractivity contribution in [1.29, 1.82) is 0 Å². The number of likely N-dealkylation sites (tertiary alicyclic amines) is 1. The first-order chi connectivity index (χ1) is 15.6. The Hall–Kier alpha value is -3.03. The van der Waals surface area contributed by atoms with E-state index in [2.05, 4.69) is 26.0 Å². The fourth-order valence-electron chi connectivity index (χ4n) is 3.90. The van der Waals surface area contributed by atoms with Gasteiger partial charge in [0.25, 0.3) is 0 Å². The second-order valence-corrected chi connectivity index (χ2v) is 9.97. The molecule has 1 saturated heterocycles. The van der Waals surface area contributed by atoms with Gasteiger partial charge in [-0.05, 0) is 56.0 Å². The van der Waals surface area contributed by atoms with Crippen molar-refractivity contribution in [3.05, 3.63) is 80.6 Å². The Balaban J connectivity index is 1.98. The van der Waals surface area contributed by atoms with Crippen molar-refractivity contribution in [1.82, 2.24) is 4.90 Å². The predicted octanol–water partition coefficient (Wildman–Crippen LogP) is 5.79. The smallest absolute Gasteiger partial charge is 0.411 e. The first-order valence-corrected chi connectivity index (χ1v) is 11.4. The van der Waals surface area contributed by atoms with Gasteiger partial charge in [-0.2, -0.15) is 0 Å². The van der Waals surface area contributed by atoms with E-state index in [0.717, 1.165) is 15.6 Å². The molecule has 2 aromatic rings. The zero-order valence-electron chi connectivity index (χ0n) is 18.9. The van der Waals surface area contributed by atoms with Crippen molar-refractivity contribution in [2.45, 2.75) is 57.4 Å². The van der Waals surface area contributed by atoms with Gasteiger partial charge in [0.1, 0.15) is 17.7 Å². The number of hydrogen-bond acceptors (Lipinski definition) is 5. The Morgan fingerprint density at radius 1 is 1.15 bits per heavy atom. The van der Waals surface area contributed by atoms with Crippen molar-refractivity contribution >= 4 is 28.0 Å². The van der Waals surface area contributed by atoms with Gasteiger partial charge in [0.15, 0.2) is 0 Å². The molecule has 0 bridgehead atoms. The van der Waals surface area contributed by atoms with Crippen LogP contribution in [0.3, 0.4) is 0 Å². The summed E-state index contributed by atoms with van der Waals surface area (Å²) < 4.78 is 12.2. The van der Waals surface area contributed by atoms with Gasteiger partial charge in [-0.25, -0.2) is 9.59 Å². The molecule has 33 heavy (non-hydrogen) atoms. The maximum Gasteiger partial charge on any atom is 0.411 e. The van der Waals surface area contributed by atoms with Gasteiger partial charge < -0.3 is 9.47 Å². The highest BCUT2D eigenvalue weighted by Gasteiger charge is 2.55. The average Bonchev–Trinajstić information content (AvgIpc) is 3.13. The van der Waals surface area contributed by atoms with Crippen molar-refractivity contribution in [3.8, 4) is 0 Å². The molecule has 2 atom stereocenters. The number of carbonyl (C=O) groups excluding carboxylic acids is 2. The number of esters is 1. The summed E-state index contributed by atoms with van der Waals surface area (Å²) >= 11 is 3.42. The maximum atomic E-state index is 13.6. The fourth-order valence-corrected chi connectivity index (χ4v) is 4.16. The van der Waals surface area contributed by atoms with Crippen LogP contribution < -0.4 is 0 Å². The van der Waals surface area contributed by atoms with Crippen molar-refractivity contribution in [2.75, 3.05) is 6.54 Å². The second kappa shape index (κ2) is 10.3. The van der Waals surface area contributed by atoms with E-state index < -0.39 is 29.2 Å². The van der Waals surface area contributed by atoms with Crippen LogP contribution in [0.25, 0.3) is 10.4 Å². The first-order valence-electron chi connectivity index (χ1n) is 10.6. The lowest BCUT2D eigenvalue weighted by Crippen LogP contribution is -2.56. The van der Waals surface area contributed by atoms with Gasteiger partial charge in [0.2, 0.25) is 0 Å². The minimum atomic E-state index is -1.37. The summed E-state index contributed by atoms with van der Waals surface area (Å²) in [6.45, 7) is 5.41. The Labute approximate surface area is 201 Å². The molecule has 0 N–H and O–H groups in total. The number of amides is 1. The third-order valence-electron chi connectivity index (χ3n) is 5.31. The SMILES string of the molecule is CC(C)(C)OC(=O)N1CC(N=[N+]=[N-])C[C@@]1(Cc1ccc(Br)cc1)C(=O)OCc1ccccc1. The van der Waals surface area contributed by atoms with Gasteiger partial charge in [0, 0.05) is 22.4 Å². The van der Waals surface area contributed by atoms with E-state index in [4.69, 9.17) is 15.0 Å². The van der Waals surface area contributed by atoms with Crippen LogP contribution in [0.4, 0.5) is 4.79 Å². The minimum absolute atomic E-state index is 0.0654. The van der Waals surface area contributed by atoms with Crippen LogP contribution in [0.5, 0.6) is 0 Å². The molecular weight excluding hydrogens is 488 g/mol. The Kier molecular flexibility index (Phi) is 7.66. The summed E-state index contributed by atoms with van der Waals surface area (Å²) in [4.78, 5) is 31.1. The maximum absolute atomic E-state index is 13.6. The zero-order chi connectivity index (χ0) is 24.1. The Bertz CT molecular complexity index is 1030. The number of benzene rings is 2. The highest BCUT2D eigenvalue weighted by molar-refractivity contribution is 9.10. The van der Waals surface area contributed by atoms with E-state index in [-0.39, 0.29) is 26.0 Å². The molecule has 1 heterocycles. The molecule has 0 radical (unpaired) electrons. The summed E-state index contributed by atoms with van der Waals surface area (Å²) in [7, 11) is 0. The fraction of sp³-hybridized carbons (Fsp3) is 0.417. The normalized spacial score (nSPS) is 20.1. The summed E-state index contributed by atoms with van der Waals surface area (Å²) in [6.07, 6.45) is -0.308. The number of azide groups is 1. The predicted molar refractivity (Wildman–Crippen MR) is 127 cm³/mol. The van der Waals surface area contributed by atoms with Crippen LogP contribution in [0.2, 0.25) is 0 Å². The lowest BCUT2D eigenvalue weighted by atomic mass is 9.87. The number of carbonyl (C=O) groups is 2. The molecule has 1 aliphatic rings. The minimum Gasteiger partial charge on any atom is -0.459 e. The van der Waals surface area contributed by atoms with E-state index in [1.165, 1.54) is 4.90 Å². The van der Waals surface area contributed by atoms with Crippen molar-refractivity contribution < 1.29 is 19.1 Å². The lowest BCUT2D eigenvalue weighted by molar-refractivity contribution is -0.157. The molecule has 9 heteroatoms. The highest BCUT2D eigenvalue weighted by atomic mass is 79.9. The molecule has 1 unspecified atom stereocenters. The number of rotatable bonds is 6. The largest absolute Gasteiger partial charge is 0.459 e. The van der Waals surface area contributed by atoms with Gasteiger partial charge in [-0.15, -0.1) is 0 Å². The van der Waals surface area contributed by atoms with Gasteiger partial charge in [-0.1, -0.05) is 63.5 Å². The molecule has 1 amide bonds. The molecular formula is C24H27BrN4O4.